The summed E-state index contributed by atoms with van der Waals surface area (Å²) in [6, 6.07) is 20.0. The average molecular weight is 373 g/mol. The third-order valence-electron chi connectivity index (χ3n) is 5.12. The Morgan fingerprint density at radius 2 is 2.00 bits per heavy atom. The maximum Gasteiger partial charge on any atom is 0.250 e. The summed E-state index contributed by atoms with van der Waals surface area (Å²) in [4.78, 5) is 15.3. The molecule has 1 aliphatic rings. The van der Waals surface area contributed by atoms with Crippen molar-refractivity contribution in [3.05, 3.63) is 89.1 Å². The Hall–Kier alpha value is -3.18. The van der Waals surface area contributed by atoms with Crippen LogP contribution in [0.3, 0.4) is 0 Å². The number of nitrogens with zero attached hydrogens (tertiary/aromatic N) is 1. The summed E-state index contributed by atoms with van der Waals surface area (Å²) in [7, 11) is 0. The van der Waals surface area contributed by atoms with E-state index in [1.54, 1.807) is 12.1 Å². The van der Waals surface area contributed by atoms with Crippen molar-refractivity contribution in [2.24, 2.45) is 5.73 Å². The Morgan fingerprint density at radius 3 is 2.75 bits per heavy atom. The quantitative estimate of drug-likeness (QED) is 0.660. The number of fused-ring (bicyclic) bond motifs is 1. The molecule has 0 spiro atoms. The van der Waals surface area contributed by atoms with Crippen molar-refractivity contribution < 1.29 is 9.53 Å². The lowest BCUT2D eigenvalue weighted by molar-refractivity contribution is 0.1000. The fraction of sp³-hybridized carbons (Fsp3) is 0.217. The zero-order valence-corrected chi connectivity index (χ0v) is 15.6. The van der Waals surface area contributed by atoms with Crippen molar-refractivity contribution in [3.8, 4) is 11.6 Å². The lowest BCUT2D eigenvalue weighted by Crippen LogP contribution is -2.19. The van der Waals surface area contributed by atoms with Crippen LogP contribution in [0, 0.1) is 0 Å². The van der Waals surface area contributed by atoms with E-state index in [0.717, 1.165) is 31.7 Å². The zero-order valence-electron chi connectivity index (χ0n) is 15.6. The van der Waals surface area contributed by atoms with E-state index >= 15 is 0 Å². The maximum atomic E-state index is 11.1. The second kappa shape index (κ2) is 8.23. The highest BCUT2D eigenvalue weighted by molar-refractivity contribution is 5.92. The van der Waals surface area contributed by atoms with Gasteiger partial charge in [0.05, 0.1) is 5.56 Å². The predicted octanol–water partition coefficient (Wildman–Crippen LogP) is 3.79. The van der Waals surface area contributed by atoms with Crippen LogP contribution in [0.4, 0.5) is 0 Å². The number of hydrogen-bond donors (Lipinski definition) is 2. The van der Waals surface area contributed by atoms with Crippen LogP contribution in [0.25, 0.3) is 0 Å². The molecule has 28 heavy (non-hydrogen) atoms. The fourth-order valence-corrected chi connectivity index (χ4v) is 3.65. The van der Waals surface area contributed by atoms with E-state index in [9.17, 15) is 4.79 Å². The molecule has 0 saturated heterocycles. The van der Waals surface area contributed by atoms with Crippen LogP contribution in [0.5, 0.6) is 11.6 Å². The maximum absolute atomic E-state index is 11.1. The van der Waals surface area contributed by atoms with Crippen LogP contribution in [-0.4, -0.2) is 17.4 Å². The molecule has 142 valence electrons. The molecular weight excluding hydrogens is 350 g/mol. The summed E-state index contributed by atoms with van der Waals surface area (Å²) in [6.45, 7) is 1.86. The highest BCUT2D eigenvalue weighted by Gasteiger charge is 2.22. The number of hydrogen-bond acceptors (Lipinski definition) is 4. The molecule has 4 rings (SSSR count). The first-order chi connectivity index (χ1) is 13.7. The molecule has 0 aliphatic heterocycles. The van der Waals surface area contributed by atoms with Gasteiger partial charge in [0.2, 0.25) is 11.8 Å². The van der Waals surface area contributed by atoms with Crippen molar-refractivity contribution in [2.45, 2.75) is 25.3 Å². The molecule has 3 aromatic rings. The topological polar surface area (TPSA) is 77.2 Å². The van der Waals surface area contributed by atoms with E-state index in [-0.39, 0.29) is 0 Å². The number of rotatable bonds is 7. The molecule has 0 bridgehead atoms. The first-order valence-electron chi connectivity index (χ1n) is 9.50. The predicted molar refractivity (Wildman–Crippen MR) is 108 cm³/mol. The van der Waals surface area contributed by atoms with Gasteiger partial charge in [-0.15, -0.1) is 0 Å². The van der Waals surface area contributed by atoms with Gasteiger partial charge in [-0.25, -0.2) is 4.98 Å². The number of primary amides is 1. The van der Waals surface area contributed by atoms with E-state index in [0.29, 0.717) is 17.4 Å². The fourth-order valence-electron chi connectivity index (χ4n) is 3.65. The van der Waals surface area contributed by atoms with E-state index in [1.807, 2.05) is 12.1 Å². The summed E-state index contributed by atoms with van der Waals surface area (Å²) in [5.41, 5.74) is 9.63. The normalized spacial score (nSPS) is 15.2. The number of pyridine rings is 1. The van der Waals surface area contributed by atoms with Gasteiger partial charge in [0, 0.05) is 25.4 Å². The van der Waals surface area contributed by atoms with Gasteiger partial charge >= 0.3 is 0 Å². The van der Waals surface area contributed by atoms with Gasteiger partial charge in [-0.2, -0.15) is 0 Å². The molecule has 0 fully saturated rings. The summed E-state index contributed by atoms with van der Waals surface area (Å²) in [5.74, 6) is 1.24. The van der Waals surface area contributed by atoms with Gasteiger partial charge in [-0.3, -0.25) is 4.79 Å². The largest absolute Gasteiger partial charge is 0.439 e. The number of aryl methyl sites for hydroxylation is 1. The molecular formula is C23H23N3O2. The first kappa shape index (κ1) is 18.2. The van der Waals surface area contributed by atoms with Crippen molar-refractivity contribution >= 4 is 5.91 Å². The van der Waals surface area contributed by atoms with Gasteiger partial charge < -0.3 is 15.8 Å². The molecule has 0 radical (unpaired) electrons. The molecule has 5 heteroatoms. The summed E-state index contributed by atoms with van der Waals surface area (Å²) >= 11 is 0. The Balaban J connectivity index is 1.37. The number of aromatic nitrogens is 1. The SMILES string of the molecule is NC(=O)c1ccc(Oc2ccc3c(c2)CCC3CNCc2ccccc2)nc1. The Morgan fingerprint density at radius 1 is 1.14 bits per heavy atom. The molecule has 1 amide bonds. The lowest BCUT2D eigenvalue weighted by atomic mass is 10.0. The number of nitrogens with two attached hydrogens (primary N) is 1. The highest BCUT2D eigenvalue weighted by Crippen LogP contribution is 2.35. The van der Waals surface area contributed by atoms with E-state index in [1.165, 1.54) is 22.9 Å². The smallest absolute Gasteiger partial charge is 0.250 e. The Kier molecular flexibility index (Phi) is 5.35. The summed E-state index contributed by atoms with van der Waals surface area (Å²) in [5, 5.41) is 3.57. The number of carbonyl (C=O) groups is 1. The third-order valence-corrected chi connectivity index (χ3v) is 5.12. The molecule has 5 nitrogen and oxygen atoms in total. The Bertz CT molecular complexity index is 955. The van der Waals surface area contributed by atoms with Crippen molar-refractivity contribution in [1.82, 2.24) is 10.3 Å². The second-order valence-electron chi connectivity index (χ2n) is 7.06. The molecule has 0 saturated carbocycles. The molecule has 1 unspecified atom stereocenters. The summed E-state index contributed by atoms with van der Waals surface area (Å²) in [6.07, 6.45) is 3.63. The van der Waals surface area contributed by atoms with Crippen LogP contribution in [0.15, 0.2) is 66.9 Å². The molecule has 3 N–H and O–H groups in total. The lowest BCUT2D eigenvalue weighted by Gasteiger charge is -2.14. The van der Waals surface area contributed by atoms with Crippen molar-refractivity contribution in [3.63, 3.8) is 0 Å². The van der Waals surface area contributed by atoms with Gasteiger partial charge in [-0.05, 0) is 53.6 Å². The monoisotopic (exact) mass is 373 g/mol. The van der Waals surface area contributed by atoms with Gasteiger partial charge in [0.1, 0.15) is 5.75 Å². The third kappa shape index (κ3) is 4.21. The Labute approximate surface area is 164 Å². The molecule has 1 aromatic heterocycles. The molecule has 1 atom stereocenters. The van der Waals surface area contributed by atoms with Gasteiger partial charge in [0.15, 0.2) is 0 Å². The number of ether oxygens (including phenoxy) is 1. The molecule has 1 aliphatic carbocycles. The number of carbonyl (C=O) groups excluding carboxylic acids is 1. The van der Waals surface area contributed by atoms with E-state index in [2.05, 4.69) is 46.7 Å². The van der Waals surface area contributed by atoms with Crippen LogP contribution in [0.1, 0.15) is 39.4 Å². The average Bonchev–Trinajstić information content (AvgIpc) is 3.11. The second-order valence-corrected chi connectivity index (χ2v) is 7.06. The number of amides is 1. The van der Waals surface area contributed by atoms with Crippen LogP contribution < -0.4 is 15.8 Å². The zero-order chi connectivity index (χ0) is 19.3. The van der Waals surface area contributed by atoms with Crippen LogP contribution >= 0.6 is 0 Å². The van der Waals surface area contributed by atoms with Crippen molar-refractivity contribution in [1.29, 1.82) is 0 Å². The number of nitrogens with one attached hydrogen (secondary N) is 1. The minimum Gasteiger partial charge on any atom is -0.439 e. The van der Waals surface area contributed by atoms with Crippen molar-refractivity contribution in [2.75, 3.05) is 6.54 Å². The molecule has 2 aromatic carbocycles. The van der Waals surface area contributed by atoms with Gasteiger partial charge in [0.25, 0.3) is 0 Å². The summed E-state index contributed by atoms with van der Waals surface area (Å²) < 4.78 is 5.83. The van der Waals surface area contributed by atoms with E-state index < -0.39 is 5.91 Å². The van der Waals surface area contributed by atoms with Gasteiger partial charge in [-0.1, -0.05) is 36.4 Å². The minimum atomic E-state index is -0.497. The standard InChI is InChI=1S/C23H23N3O2/c24-23(27)19-8-11-22(26-15-19)28-20-9-10-21-17(12-20)6-7-18(21)14-25-13-16-4-2-1-3-5-16/h1-5,8-12,15,18,25H,6-7,13-14H2,(H2,24,27). The van der Waals surface area contributed by atoms with Crippen LogP contribution in [0.2, 0.25) is 0 Å². The number of benzene rings is 2. The molecule has 1 heterocycles. The minimum absolute atomic E-state index is 0.368. The van der Waals surface area contributed by atoms with Crippen LogP contribution in [-0.2, 0) is 13.0 Å². The first-order valence-corrected chi connectivity index (χ1v) is 9.50. The highest BCUT2D eigenvalue weighted by atomic mass is 16.5. The van der Waals surface area contributed by atoms with E-state index in [4.69, 9.17) is 10.5 Å².